The molecule has 0 saturated carbocycles. The molecule has 1 aromatic carbocycles. The van der Waals surface area contributed by atoms with Crippen molar-refractivity contribution in [3.63, 3.8) is 0 Å². The molecule has 78 valence electrons. The third kappa shape index (κ3) is 2.30. The van der Waals surface area contributed by atoms with Crippen molar-refractivity contribution >= 4 is 11.8 Å². The third-order valence-electron chi connectivity index (χ3n) is 1.84. The van der Waals surface area contributed by atoms with Crippen LogP contribution in [-0.2, 0) is 5.75 Å². The largest absolute Gasteiger partial charge is 0.508 e. The summed E-state index contributed by atoms with van der Waals surface area (Å²) in [6, 6.07) is 6.78. The van der Waals surface area contributed by atoms with Gasteiger partial charge in [-0.2, -0.15) is 16.7 Å². The van der Waals surface area contributed by atoms with Gasteiger partial charge in [0, 0.05) is 5.56 Å². The second-order valence-corrected chi connectivity index (χ2v) is 3.86. The first-order chi connectivity index (χ1) is 7.29. The van der Waals surface area contributed by atoms with Crippen LogP contribution in [-0.4, -0.2) is 21.5 Å². The first kappa shape index (κ1) is 10.0. The highest BCUT2D eigenvalue weighted by Crippen LogP contribution is 2.21. The molecule has 1 heterocycles. The molecular formula is C10H10N2O2S. The van der Waals surface area contributed by atoms with Crippen LogP contribution in [0.25, 0.3) is 11.4 Å². The van der Waals surface area contributed by atoms with E-state index in [0.29, 0.717) is 17.5 Å². The van der Waals surface area contributed by atoms with Crippen molar-refractivity contribution in [2.45, 2.75) is 5.75 Å². The van der Waals surface area contributed by atoms with Gasteiger partial charge in [0.25, 0.3) is 0 Å². The highest BCUT2D eigenvalue weighted by Gasteiger charge is 2.07. The van der Waals surface area contributed by atoms with Crippen molar-refractivity contribution in [1.82, 2.24) is 10.1 Å². The van der Waals surface area contributed by atoms with Crippen molar-refractivity contribution in [3.8, 4) is 17.1 Å². The Balaban J connectivity index is 2.29. The molecule has 5 heteroatoms. The average Bonchev–Trinajstić information content (AvgIpc) is 2.67. The molecule has 0 atom stereocenters. The molecule has 0 aliphatic carbocycles. The van der Waals surface area contributed by atoms with E-state index in [4.69, 9.17) is 4.52 Å². The normalized spacial score (nSPS) is 10.5. The van der Waals surface area contributed by atoms with Gasteiger partial charge in [-0.1, -0.05) is 17.3 Å². The average molecular weight is 222 g/mol. The fourth-order valence-electron chi connectivity index (χ4n) is 1.20. The number of phenols is 1. The minimum Gasteiger partial charge on any atom is -0.508 e. The van der Waals surface area contributed by atoms with Crippen molar-refractivity contribution in [3.05, 3.63) is 30.2 Å². The molecule has 0 amide bonds. The van der Waals surface area contributed by atoms with E-state index in [0.717, 1.165) is 5.56 Å². The van der Waals surface area contributed by atoms with Gasteiger partial charge < -0.3 is 9.63 Å². The molecule has 1 aromatic heterocycles. The van der Waals surface area contributed by atoms with Crippen LogP contribution in [0.5, 0.6) is 5.75 Å². The smallest absolute Gasteiger partial charge is 0.236 e. The van der Waals surface area contributed by atoms with Gasteiger partial charge in [-0.05, 0) is 18.4 Å². The van der Waals surface area contributed by atoms with E-state index < -0.39 is 0 Å². The predicted molar refractivity (Wildman–Crippen MR) is 58.6 cm³/mol. The Kier molecular flexibility index (Phi) is 2.91. The minimum atomic E-state index is 0.198. The van der Waals surface area contributed by atoms with Gasteiger partial charge in [0.15, 0.2) is 0 Å². The minimum absolute atomic E-state index is 0.198. The summed E-state index contributed by atoms with van der Waals surface area (Å²) in [4.78, 5) is 4.20. The maximum absolute atomic E-state index is 9.29. The summed E-state index contributed by atoms with van der Waals surface area (Å²) in [5.74, 6) is 2.01. The molecule has 0 bridgehead atoms. The summed E-state index contributed by atoms with van der Waals surface area (Å²) in [7, 11) is 0. The number of aromatic hydroxyl groups is 1. The number of thioether (sulfide) groups is 1. The fourth-order valence-corrected chi connectivity index (χ4v) is 1.56. The lowest BCUT2D eigenvalue weighted by atomic mass is 10.2. The fraction of sp³-hybridized carbons (Fsp3) is 0.200. The molecule has 0 spiro atoms. The van der Waals surface area contributed by atoms with E-state index in [-0.39, 0.29) is 5.75 Å². The maximum Gasteiger partial charge on any atom is 0.236 e. The molecule has 2 aromatic rings. The second kappa shape index (κ2) is 4.35. The molecule has 0 radical (unpaired) electrons. The van der Waals surface area contributed by atoms with Crippen molar-refractivity contribution < 1.29 is 9.63 Å². The van der Waals surface area contributed by atoms with E-state index in [1.165, 1.54) is 0 Å². The van der Waals surface area contributed by atoms with Crippen molar-refractivity contribution in [1.29, 1.82) is 0 Å². The lowest BCUT2D eigenvalue weighted by Gasteiger charge is -1.94. The van der Waals surface area contributed by atoms with Crippen LogP contribution in [0.3, 0.4) is 0 Å². The molecule has 1 N–H and O–H groups in total. The lowest BCUT2D eigenvalue weighted by molar-refractivity contribution is 0.392. The summed E-state index contributed by atoms with van der Waals surface area (Å²) in [6.07, 6.45) is 1.97. The number of hydrogen-bond acceptors (Lipinski definition) is 5. The number of benzene rings is 1. The Morgan fingerprint density at radius 1 is 1.47 bits per heavy atom. The lowest BCUT2D eigenvalue weighted by Crippen LogP contribution is -1.81. The van der Waals surface area contributed by atoms with E-state index in [1.54, 1.807) is 30.0 Å². The summed E-state index contributed by atoms with van der Waals surface area (Å²) >= 11 is 1.62. The van der Waals surface area contributed by atoms with E-state index in [2.05, 4.69) is 10.1 Å². The Morgan fingerprint density at radius 3 is 3.07 bits per heavy atom. The van der Waals surface area contributed by atoms with Gasteiger partial charge in [-0.15, -0.1) is 0 Å². The monoisotopic (exact) mass is 222 g/mol. The van der Waals surface area contributed by atoms with Crippen LogP contribution >= 0.6 is 11.8 Å². The zero-order chi connectivity index (χ0) is 10.7. The molecule has 0 aliphatic heterocycles. The van der Waals surface area contributed by atoms with Gasteiger partial charge in [-0.25, -0.2) is 0 Å². The highest BCUT2D eigenvalue weighted by atomic mass is 32.2. The van der Waals surface area contributed by atoms with E-state index in [1.807, 2.05) is 12.3 Å². The molecule has 4 nitrogen and oxygen atoms in total. The Labute approximate surface area is 91.3 Å². The number of rotatable bonds is 3. The third-order valence-corrected chi connectivity index (χ3v) is 2.38. The molecule has 2 rings (SSSR count). The second-order valence-electron chi connectivity index (χ2n) is 3.00. The van der Waals surface area contributed by atoms with Crippen molar-refractivity contribution in [2.24, 2.45) is 0 Å². The van der Waals surface area contributed by atoms with E-state index in [9.17, 15) is 5.11 Å². The maximum atomic E-state index is 9.29. The van der Waals surface area contributed by atoms with Gasteiger partial charge in [0.1, 0.15) is 5.75 Å². The SMILES string of the molecule is CSCc1nc(-c2cccc(O)c2)no1. The van der Waals surface area contributed by atoms with Crippen LogP contribution in [0.4, 0.5) is 0 Å². The highest BCUT2D eigenvalue weighted by molar-refractivity contribution is 7.97. The first-order valence-electron chi connectivity index (χ1n) is 4.40. The Hall–Kier alpha value is -1.49. The number of hydrogen-bond donors (Lipinski definition) is 1. The zero-order valence-corrected chi connectivity index (χ0v) is 8.99. The molecule has 15 heavy (non-hydrogen) atoms. The summed E-state index contributed by atoms with van der Waals surface area (Å²) in [6.45, 7) is 0. The number of aromatic nitrogens is 2. The van der Waals surface area contributed by atoms with Crippen LogP contribution < -0.4 is 0 Å². The topological polar surface area (TPSA) is 59.2 Å². The van der Waals surface area contributed by atoms with E-state index >= 15 is 0 Å². The quantitative estimate of drug-likeness (QED) is 0.863. The Morgan fingerprint density at radius 2 is 2.33 bits per heavy atom. The standard InChI is InChI=1S/C10H10N2O2S/c1-15-6-9-11-10(12-14-9)7-3-2-4-8(13)5-7/h2-5,13H,6H2,1H3. The van der Waals surface area contributed by atoms with Crippen LogP contribution in [0, 0.1) is 0 Å². The molecule has 0 saturated heterocycles. The summed E-state index contributed by atoms with van der Waals surface area (Å²) in [5.41, 5.74) is 0.756. The molecular weight excluding hydrogens is 212 g/mol. The van der Waals surface area contributed by atoms with Gasteiger partial charge in [-0.3, -0.25) is 0 Å². The summed E-state index contributed by atoms with van der Waals surface area (Å²) < 4.78 is 5.04. The molecule has 0 unspecified atom stereocenters. The summed E-state index contributed by atoms with van der Waals surface area (Å²) in [5, 5.41) is 13.1. The van der Waals surface area contributed by atoms with Gasteiger partial charge in [0.2, 0.25) is 11.7 Å². The first-order valence-corrected chi connectivity index (χ1v) is 5.80. The van der Waals surface area contributed by atoms with Crippen LogP contribution in [0.2, 0.25) is 0 Å². The number of nitrogens with zero attached hydrogens (tertiary/aromatic N) is 2. The zero-order valence-electron chi connectivity index (χ0n) is 8.17. The van der Waals surface area contributed by atoms with Crippen LogP contribution in [0.1, 0.15) is 5.89 Å². The van der Waals surface area contributed by atoms with Gasteiger partial charge in [0.05, 0.1) is 5.75 Å². The molecule has 0 aliphatic rings. The van der Waals surface area contributed by atoms with Crippen molar-refractivity contribution in [2.75, 3.05) is 6.26 Å². The predicted octanol–water partition coefficient (Wildman–Crippen LogP) is 2.31. The molecule has 0 fully saturated rings. The van der Waals surface area contributed by atoms with Crippen LogP contribution in [0.15, 0.2) is 28.8 Å². The number of phenolic OH excluding ortho intramolecular Hbond substituents is 1. The Bertz CT molecular complexity index is 456. The van der Waals surface area contributed by atoms with Gasteiger partial charge >= 0.3 is 0 Å².